The molecule has 0 amide bonds. The maximum atomic E-state index is 12.9. The number of carboxylic acids is 1. The van der Waals surface area contributed by atoms with Gasteiger partial charge in [-0.15, -0.1) is 0 Å². The first-order valence-corrected chi connectivity index (χ1v) is 4.42. The molecule has 1 N–H and O–H groups in total. The molecule has 16 heavy (non-hydrogen) atoms. The second kappa shape index (κ2) is 3.55. The van der Waals surface area contributed by atoms with Gasteiger partial charge in [-0.2, -0.15) is 8.78 Å². The zero-order valence-electron chi connectivity index (χ0n) is 7.98. The van der Waals surface area contributed by atoms with Crippen molar-refractivity contribution in [3.8, 4) is 0 Å². The third kappa shape index (κ3) is 1.86. The lowest BCUT2D eigenvalue weighted by molar-refractivity contribution is -0.164. The van der Waals surface area contributed by atoms with Crippen molar-refractivity contribution in [1.82, 2.24) is 4.98 Å². The van der Waals surface area contributed by atoms with Crippen molar-refractivity contribution in [3.05, 3.63) is 30.2 Å². The minimum absolute atomic E-state index is 0.191. The highest BCUT2D eigenvalue weighted by Crippen LogP contribution is 2.22. The Labute approximate surface area is 88.5 Å². The summed E-state index contributed by atoms with van der Waals surface area (Å²) in [7, 11) is 0. The number of hydrogen-bond donors (Lipinski definition) is 1. The van der Waals surface area contributed by atoms with Crippen LogP contribution in [-0.4, -0.2) is 22.0 Å². The van der Waals surface area contributed by atoms with E-state index in [0.717, 1.165) is 0 Å². The van der Waals surface area contributed by atoms with Crippen LogP contribution >= 0.6 is 0 Å². The van der Waals surface area contributed by atoms with Gasteiger partial charge in [-0.25, -0.2) is 9.78 Å². The SMILES string of the molecule is O=C(O)C(F)(F)Cc1ccc2ncoc2c1. The van der Waals surface area contributed by atoms with Crippen molar-refractivity contribution in [1.29, 1.82) is 0 Å². The fourth-order valence-corrected chi connectivity index (χ4v) is 1.34. The maximum absolute atomic E-state index is 12.9. The van der Waals surface area contributed by atoms with Crippen LogP contribution < -0.4 is 0 Å². The van der Waals surface area contributed by atoms with E-state index in [1.54, 1.807) is 0 Å². The number of aliphatic carboxylic acids is 1. The van der Waals surface area contributed by atoms with Gasteiger partial charge in [0.15, 0.2) is 12.0 Å². The normalized spacial score (nSPS) is 11.9. The van der Waals surface area contributed by atoms with Crippen molar-refractivity contribution in [2.24, 2.45) is 0 Å². The quantitative estimate of drug-likeness (QED) is 0.871. The molecule has 0 aliphatic rings. The third-order valence-corrected chi connectivity index (χ3v) is 2.13. The second-order valence-electron chi connectivity index (χ2n) is 3.34. The maximum Gasteiger partial charge on any atom is 0.374 e. The second-order valence-corrected chi connectivity index (χ2v) is 3.34. The molecule has 0 unspecified atom stereocenters. The van der Waals surface area contributed by atoms with Crippen LogP contribution in [0.25, 0.3) is 11.1 Å². The molecule has 0 saturated heterocycles. The van der Waals surface area contributed by atoms with Crippen LogP contribution in [0, 0.1) is 0 Å². The molecule has 0 atom stereocenters. The average Bonchev–Trinajstić information content (AvgIpc) is 2.63. The van der Waals surface area contributed by atoms with Gasteiger partial charge in [0, 0.05) is 6.42 Å². The Hall–Kier alpha value is -1.98. The standard InChI is InChI=1S/C10H7F2NO3/c11-10(12,9(14)15)4-6-1-2-7-8(3-6)16-5-13-7/h1-3,5H,4H2,(H,14,15). The smallest absolute Gasteiger partial charge is 0.374 e. The van der Waals surface area contributed by atoms with Gasteiger partial charge in [-0.3, -0.25) is 0 Å². The predicted octanol–water partition coefficient (Wildman–Crippen LogP) is 2.09. The van der Waals surface area contributed by atoms with E-state index in [9.17, 15) is 13.6 Å². The van der Waals surface area contributed by atoms with Crippen LogP contribution in [0.4, 0.5) is 8.78 Å². The molecule has 0 saturated carbocycles. The largest absolute Gasteiger partial charge is 0.477 e. The minimum Gasteiger partial charge on any atom is -0.477 e. The fourth-order valence-electron chi connectivity index (χ4n) is 1.34. The summed E-state index contributed by atoms with van der Waals surface area (Å²) in [6.45, 7) is 0. The summed E-state index contributed by atoms with van der Waals surface area (Å²) < 4.78 is 30.8. The number of rotatable bonds is 3. The number of fused-ring (bicyclic) bond motifs is 1. The summed E-state index contributed by atoms with van der Waals surface area (Å²) in [6.07, 6.45) is 0.336. The Balaban J connectivity index is 2.30. The van der Waals surface area contributed by atoms with Crippen molar-refractivity contribution in [2.45, 2.75) is 12.3 Å². The highest BCUT2D eigenvalue weighted by atomic mass is 19.3. The zero-order chi connectivity index (χ0) is 11.8. The number of aromatic nitrogens is 1. The zero-order valence-corrected chi connectivity index (χ0v) is 7.98. The van der Waals surface area contributed by atoms with Gasteiger partial charge in [0.25, 0.3) is 0 Å². The first-order valence-electron chi connectivity index (χ1n) is 4.42. The highest BCUT2D eigenvalue weighted by molar-refractivity contribution is 5.77. The molecule has 1 aromatic carbocycles. The van der Waals surface area contributed by atoms with E-state index >= 15 is 0 Å². The molecule has 1 aromatic heterocycles. The van der Waals surface area contributed by atoms with Gasteiger partial charge in [-0.1, -0.05) is 6.07 Å². The van der Waals surface area contributed by atoms with Gasteiger partial charge in [0.1, 0.15) is 5.52 Å². The molecular weight excluding hydrogens is 220 g/mol. The lowest BCUT2D eigenvalue weighted by atomic mass is 10.1. The predicted molar refractivity (Wildman–Crippen MR) is 50.3 cm³/mol. The highest BCUT2D eigenvalue weighted by Gasteiger charge is 2.38. The fraction of sp³-hybridized carbons (Fsp3) is 0.200. The Kier molecular flexibility index (Phi) is 2.34. The van der Waals surface area contributed by atoms with Gasteiger partial charge in [0.05, 0.1) is 0 Å². The first-order chi connectivity index (χ1) is 7.49. The van der Waals surface area contributed by atoms with E-state index in [1.165, 1.54) is 24.6 Å². The molecule has 84 valence electrons. The average molecular weight is 227 g/mol. The van der Waals surface area contributed by atoms with Crippen LogP contribution in [-0.2, 0) is 11.2 Å². The summed E-state index contributed by atoms with van der Waals surface area (Å²) in [5.41, 5.74) is 1.10. The monoisotopic (exact) mass is 227 g/mol. The van der Waals surface area contributed by atoms with Gasteiger partial charge < -0.3 is 9.52 Å². The molecule has 0 fully saturated rings. The molecule has 0 spiro atoms. The van der Waals surface area contributed by atoms with E-state index in [0.29, 0.717) is 11.1 Å². The molecule has 0 radical (unpaired) electrons. The van der Waals surface area contributed by atoms with Crippen LogP contribution in [0.3, 0.4) is 0 Å². The summed E-state index contributed by atoms with van der Waals surface area (Å²) in [4.78, 5) is 14.1. The van der Waals surface area contributed by atoms with Crippen molar-refractivity contribution in [3.63, 3.8) is 0 Å². The number of alkyl halides is 2. The van der Waals surface area contributed by atoms with E-state index in [4.69, 9.17) is 9.52 Å². The molecule has 0 aliphatic heterocycles. The van der Waals surface area contributed by atoms with Crippen LogP contribution in [0.2, 0.25) is 0 Å². The van der Waals surface area contributed by atoms with Crippen molar-refractivity contribution >= 4 is 17.1 Å². The van der Waals surface area contributed by atoms with Gasteiger partial charge in [0.2, 0.25) is 0 Å². The minimum atomic E-state index is -3.77. The summed E-state index contributed by atoms with van der Waals surface area (Å²) in [6, 6.07) is 4.27. The molecule has 0 aliphatic carbocycles. The Morgan fingerprint density at radius 3 is 2.94 bits per heavy atom. The Morgan fingerprint density at radius 2 is 2.25 bits per heavy atom. The van der Waals surface area contributed by atoms with E-state index in [-0.39, 0.29) is 5.56 Å². The molecule has 1 heterocycles. The van der Waals surface area contributed by atoms with Crippen LogP contribution in [0.15, 0.2) is 29.0 Å². The lowest BCUT2D eigenvalue weighted by Gasteiger charge is -2.10. The summed E-state index contributed by atoms with van der Waals surface area (Å²) in [5.74, 6) is -5.90. The van der Waals surface area contributed by atoms with Crippen LogP contribution in [0.5, 0.6) is 0 Å². The molecule has 4 nitrogen and oxygen atoms in total. The van der Waals surface area contributed by atoms with E-state index in [1.807, 2.05) is 0 Å². The Bertz CT molecular complexity index is 536. The molecular formula is C10H7F2NO3. The number of oxazole rings is 1. The number of hydrogen-bond acceptors (Lipinski definition) is 3. The molecule has 2 aromatic rings. The lowest BCUT2D eigenvalue weighted by Crippen LogP contribution is -2.30. The third-order valence-electron chi connectivity index (χ3n) is 2.13. The Morgan fingerprint density at radius 1 is 1.50 bits per heavy atom. The number of carboxylic acid groups (broad SMARTS) is 1. The van der Waals surface area contributed by atoms with Crippen LogP contribution in [0.1, 0.15) is 5.56 Å². The number of benzene rings is 1. The molecule has 2 rings (SSSR count). The van der Waals surface area contributed by atoms with Gasteiger partial charge in [-0.05, 0) is 17.7 Å². The van der Waals surface area contributed by atoms with Gasteiger partial charge >= 0.3 is 11.9 Å². The number of carbonyl (C=O) groups is 1. The summed E-state index contributed by atoms with van der Waals surface area (Å²) >= 11 is 0. The van der Waals surface area contributed by atoms with E-state index in [2.05, 4.69) is 4.98 Å². The molecule has 6 heteroatoms. The number of halogens is 2. The van der Waals surface area contributed by atoms with Crippen molar-refractivity contribution < 1.29 is 23.1 Å². The first kappa shape index (κ1) is 10.5. The van der Waals surface area contributed by atoms with E-state index < -0.39 is 18.3 Å². The molecule has 0 bridgehead atoms. The number of nitrogens with zero attached hydrogens (tertiary/aromatic N) is 1. The summed E-state index contributed by atoms with van der Waals surface area (Å²) in [5, 5.41) is 8.29. The van der Waals surface area contributed by atoms with Crippen molar-refractivity contribution in [2.75, 3.05) is 0 Å². The topological polar surface area (TPSA) is 63.3 Å².